The highest BCUT2D eigenvalue weighted by Gasteiger charge is 2.08. The average molecular weight is 476 g/mol. The van der Waals surface area contributed by atoms with Crippen LogP contribution < -0.4 is 15.5 Å². The minimum Gasteiger partial charge on any atom is -0.364 e. The second-order valence-electron chi connectivity index (χ2n) is 6.76. The molecule has 5 heteroatoms. The molecule has 0 aliphatic carbocycles. The van der Waals surface area contributed by atoms with Gasteiger partial charge in [0.25, 0.3) is 0 Å². The summed E-state index contributed by atoms with van der Waals surface area (Å²) in [5.41, 5.74) is 6.42. The second kappa shape index (κ2) is 10.3. The highest BCUT2D eigenvalue weighted by Crippen LogP contribution is 2.18. The average Bonchev–Trinajstić information content (AvgIpc) is 3.18. The lowest BCUT2D eigenvalue weighted by Crippen LogP contribution is -2.36. The molecule has 2 aromatic carbocycles. The van der Waals surface area contributed by atoms with Gasteiger partial charge in [0.2, 0.25) is 0 Å². The Labute approximate surface area is 179 Å². The van der Waals surface area contributed by atoms with Gasteiger partial charge in [-0.25, -0.2) is 0 Å². The Morgan fingerprint density at radius 2 is 1.74 bits per heavy atom. The first-order chi connectivity index (χ1) is 12.7. The zero-order valence-electron chi connectivity index (χ0n) is 16.3. The van der Waals surface area contributed by atoms with Crippen molar-refractivity contribution in [3.63, 3.8) is 0 Å². The molecule has 27 heavy (non-hydrogen) atoms. The van der Waals surface area contributed by atoms with Crippen molar-refractivity contribution in [3.8, 4) is 0 Å². The Morgan fingerprint density at radius 1 is 1.00 bits per heavy atom. The first kappa shape index (κ1) is 21.3. The molecule has 2 N–H and O–H groups in total. The molecular weight excluding hydrogens is 447 g/mol. The minimum absolute atomic E-state index is 0. The fraction of sp³-hybridized carbons (Fsp3) is 0.318. The summed E-state index contributed by atoms with van der Waals surface area (Å²) in [6.45, 7) is 7.79. The highest BCUT2D eigenvalue weighted by molar-refractivity contribution is 14.0. The van der Waals surface area contributed by atoms with E-state index in [1.165, 1.54) is 27.9 Å². The molecule has 0 aromatic heterocycles. The summed E-state index contributed by atoms with van der Waals surface area (Å²) in [7, 11) is 1.81. The van der Waals surface area contributed by atoms with Crippen molar-refractivity contribution in [3.05, 3.63) is 76.9 Å². The van der Waals surface area contributed by atoms with Gasteiger partial charge in [0, 0.05) is 38.9 Å². The number of hydrogen-bond acceptors (Lipinski definition) is 2. The van der Waals surface area contributed by atoms with Crippen LogP contribution in [0.3, 0.4) is 0 Å². The molecule has 1 heterocycles. The summed E-state index contributed by atoms with van der Waals surface area (Å²) in [6.07, 6.45) is 4.42. The molecular formula is C22H29IN4. The van der Waals surface area contributed by atoms with Crippen LogP contribution in [0.1, 0.15) is 22.3 Å². The normalized spacial score (nSPS) is 13.4. The van der Waals surface area contributed by atoms with Crippen LogP contribution in [0.2, 0.25) is 0 Å². The summed E-state index contributed by atoms with van der Waals surface area (Å²) in [5.74, 6) is 0.818. The molecule has 0 fully saturated rings. The zero-order chi connectivity index (χ0) is 18.4. The Kier molecular flexibility index (Phi) is 8.16. The molecule has 2 aromatic rings. The number of anilines is 1. The summed E-state index contributed by atoms with van der Waals surface area (Å²) in [5, 5.41) is 6.81. The number of nitrogens with one attached hydrogen (secondary N) is 2. The van der Waals surface area contributed by atoms with Gasteiger partial charge in [-0.05, 0) is 42.7 Å². The largest absolute Gasteiger partial charge is 0.364 e. The van der Waals surface area contributed by atoms with Gasteiger partial charge in [-0.2, -0.15) is 0 Å². The lowest BCUT2D eigenvalue weighted by Gasteiger charge is -2.19. The SMILES string of the molecule is CN=C(NCc1cccc(N2CC=CC2)c1)NCc1ccc(C)cc1C.I. The van der Waals surface area contributed by atoms with Crippen LogP contribution in [0.25, 0.3) is 0 Å². The molecule has 4 nitrogen and oxygen atoms in total. The van der Waals surface area contributed by atoms with E-state index in [4.69, 9.17) is 0 Å². The van der Waals surface area contributed by atoms with Crippen molar-refractivity contribution in [2.75, 3.05) is 25.0 Å². The number of rotatable bonds is 5. The zero-order valence-corrected chi connectivity index (χ0v) is 18.7. The quantitative estimate of drug-likeness (QED) is 0.295. The maximum atomic E-state index is 4.34. The number of aliphatic imine (C=N–C) groups is 1. The van der Waals surface area contributed by atoms with Crippen molar-refractivity contribution in [1.29, 1.82) is 0 Å². The fourth-order valence-corrected chi connectivity index (χ4v) is 3.18. The summed E-state index contributed by atoms with van der Waals surface area (Å²) < 4.78 is 0. The van der Waals surface area contributed by atoms with Gasteiger partial charge in [-0.1, -0.05) is 48.0 Å². The van der Waals surface area contributed by atoms with E-state index in [0.29, 0.717) is 0 Å². The molecule has 0 amide bonds. The maximum absolute atomic E-state index is 4.34. The smallest absolute Gasteiger partial charge is 0.191 e. The topological polar surface area (TPSA) is 39.7 Å². The van der Waals surface area contributed by atoms with Gasteiger partial charge in [-0.15, -0.1) is 24.0 Å². The second-order valence-corrected chi connectivity index (χ2v) is 6.76. The van der Waals surface area contributed by atoms with E-state index in [-0.39, 0.29) is 24.0 Å². The molecule has 1 aliphatic heterocycles. The number of aryl methyl sites for hydroxylation is 2. The van der Waals surface area contributed by atoms with Crippen molar-refractivity contribution >= 4 is 35.6 Å². The van der Waals surface area contributed by atoms with E-state index in [2.05, 4.69) is 89.0 Å². The Hall–Kier alpha value is -2.02. The van der Waals surface area contributed by atoms with E-state index in [9.17, 15) is 0 Å². The van der Waals surface area contributed by atoms with Gasteiger partial charge in [0.05, 0.1) is 0 Å². The highest BCUT2D eigenvalue weighted by atomic mass is 127. The Bertz CT molecular complexity index is 806. The molecule has 144 valence electrons. The third-order valence-corrected chi connectivity index (χ3v) is 4.72. The van der Waals surface area contributed by atoms with Crippen molar-refractivity contribution in [2.24, 2.45) is 4.99 Å². The number of hydrogen-bond donors (Lipinski definition) is 2. The van der Waals surface area contributed by atoms with Crippen LogP contribution >= 0.6 is 24.0 Å². The standard InChI is InChI=1S/C22H28N4.HI/c1-17-9-10-20(18(2)13-17)16-25-22(23-3)24-15-19-7-6-8-21(14-19)26-11-4-5-12-26;/h4-10,13-14H,11-12,15-16H2,1-3H3,(H2,23,24,25);1H. The van der Waals surface area contributed by atoms with Gasteiger partial charge in [0.15, 0.2) is 5.96 Å². The number of guanidine groups is 1. The monoisotopic (exact) mass is 476 g/mol. The molecule has 0 bridgehead atoms. The van der Waals surface area contributed by atoms with Crippen LogP contribution in [0.15, 0.2) is 59.6 Å². The van der Waals surface area contributed by atoms with Gasteiger partial charge in [-0.3, -0.25) is 4.99 Å². The van der Waals surface area contributed by atoms with Crippen LogP contribution in [0.4, 0.5) is 5.69 Å². The van der Waals surface area contributed by atoms with E-state index < -0.39 is 0 Å². The molecule has 0 saturated heterocycles. The predicted molar refractivity (Wildman–Crippen MR) is 126 cm³/mol. The number of nitrogens with zero attached hydrogens (tertiary/aromatic N) is 2. The Morgan fingerprint density at radius 3 is 2.44 bits per heavy atom. The number of halogens is 1. The Balaban J connectivity index is 0.00000261. The lowest BCUT2D eigenvalue weighted by molar-refractivity contribution is 0.805. The summed E-state index contributed by atoms with van der Waals surface area (Å²) in [4.78, 5) is 6.70. The third kappa shape index (κ3) is 5.99. The predicted octanol–water partition coefficient (Wildman–Crippen LogP) is 4.16. The van der Waals surface area contributed by atoms with Crippen LogP contribution in [-0.2, 0) is 13.1 Å². The van der Waals surface area contributed by atoms with Crippen molar-refractivity contribution in [2.45, 2.75) is 26.9 Å². The van der Waals surface area contributed by atoms with Crippen molar-refractivity contribution in [1.82, 2.24) is 10.6 Å². The molecule has 0 atom stereocenters. The molecule has 0 saturated carbocycles. The van der Waals surface area contributed by atoms with Crippen LogP contribution in [0.5, 0.6) is 0 Å². The third-order valence-electron chi connectivity index (χ3n) is 4.72. The van der Waals surface area contributed by atoms with Crippen molar-refractivity contribution < 1.29 is 0 Å². The van der Waals surface area contributed by atoms with E-state index in [1.807, 2.05) is 7.05 Å². The van der Waals surface area contributed by atoms with Crippen LogP contribution in [0, 0.1) is 13.8 Å². The van der Waals surface area contributed by atoms with E-state index >= 15 is 0 Å². The molecule has 0 unspecified atom stereocenters. The van der Waals surface area contributed by atoms with Gasteiger partial charge >= 0.3 is 0 Å². The minimum atomic E-state index is 0. The van der Waals surface area contributed by atoms with Crippen LogP contribution in [-0.4, -0.2) is 26.1 Å². The first-order valence-electron chi connectivity index (χ1n) is 9.15. The van der Waals surface area contributed by atoms with E-state index in [1.54, 1.807) is 0 Å². The maximum Gasteiger partial charge on any atom is 0.191 e. The van der Waals surface area contributed by atoms with Gasteiger partial charge in [0.1, 0.15) is 0 Å². The summed E-state index contributed by atoms with van der Waals surface area (Å²) in [6, 6.07) is 15.2. The summed E-state index contributed by atoms with van der Waals surface area (Å²) >= 11 is 0. The fourth-order valence-electron chi connectivity index (χ4n) is 3.18. The first-order valence-corrected chi connectivity index (χ1v) is 9.15. The number of benzene rings is 2. The van der Waals surface area contributed by atoms with E-state index in [0.717, 1.165) is 32.1 Å². The molecule has 0 radical (unpaired) electrons. The lowest BCUT2D eigenvalue weighted by atomic mass is 10.1. The molecule has 1 aliphatic rings. The van der Waals surface area contributed by atoms with Gasteiger partial charge < -0.3 is 15.5 Å². The molecule has 0 spiro atoms. The molecule has 3 rings (SSSR count).